The van der Waals surface area contributed by atoms with Crippen LogP contribution in [0.4, 0.5) is 0 Å². The van der Waals surface area contributed by atoms with Gasteiger partial charge in [-0.15, -0.1) is 11.8 Å². The van der Waals surface area contributed by atoms with Crippen molar-refractivity contribution in [1.82, 2.24) is 10.2 Å². The van der Waals surface area contributed by atoms with E-state index in [1.165, 1.54) is 23.6 Å². The van der Waals surface area contributed by atoms with E-state index in [9.17, 15) is 19.5 Å². The number of carbonyl (C=O) groups is 3. The molecule has 0 aliphatic carbocycles. The van der Waals surface area contributed by atoms with Crippen molar-refractivity contribution in [1.29, 1.82) is 0 Å². The van der Waals surface area contributed by atoms with Gasteiger partial charge in [0.1, 0.15) is 5.70 Å². The molecule has 2 aliphatic heterocycles. The lowest BCUT2D eigenvalue weighted by Crippen LogP contribution is -2.60. The van der Waals surface area contributed by atoms with Gasteiger partial charge in [0.2, 0.25) is 11.8 Å². The molecular formula is C14H20N2O4S. The molecule has 7 heteroatoms. The number of thioether (sulfide) groups is 1. The van der Waals surface area contributed by atoms with Gasteiger partial charge in [0.15, 0.2) is 0 Å². The molecule has 0 aromatic rings. The van der Waals surface area contributed by atoms with Crippen LogP contribution in [0.15, 0.2) is 10.6 Å². The van der Waals surface area contributed by atoms with Gasteiger partial charge in [0.05, 0.1) is 12.0 Å². The number of nitrogens with one attached hydrogen (secondary N) is 1. The maximum Gasteiger partial charge on any atom is 0.353 e. The van der Waals surface area contributed by atoms with E-state index in [4.69, 9.17) is 0 Å². The number of carboxylic acid groups (broad SMARTS) is 1. The van der Waals surface area contributed by atoms with Crippen LogP contribution in [0.2, 0.25) is 0 Å². The van der Waals surface area contributed by atoms with Crippen molar-refractivity contribution in [2.75, 3.05) is 12.3 Å². The predicted molar refractivity (Wildman–Crippen MR) is 79.4 cm³/mol. The van der Waals surface area contributed by atoms with Crippen molar-refractivity contribution >= 4 is 29.5 Å². The molecule has 116 valence electrons. The van der Waals surface area contributed by atoms with Crippen molar-refractivity contribution in [2.45, 2.75) is 33.2 Å². The van der Waals surface area contributed by atoms with E-state index in [0.717, 1.165) is 4.91 Å². The molecule has 0 unspecified atom stereocenters. The maximum atomic E-state index is 12.1. The molecule has 1 fully saturated rings. The number of amides is 2. The molecule has 2 amide bonds. The number of aliphatic carboxylic acids is 1. The van der Waals surface area contributed by atoms with Crippen LogP contribution in [0.3, 0.4) is 0 Å². The summed E-state index contributed by atoms with van der Waals surface area (Å²) < 4.78 is 0. The van der Waals surface area contributed by atoms with Crippen LogP contribution in [0.25, 0.3) is 0 Å². The summed E-state index contributed by atoms with van der Waals surface area (Å²) in [7, 11) is 0. The first-order valence-electron chi connectivity index (χ1n) is 7.01. The summed E-state index contributed by atoms with van der Waals surface area (Å²) in [6.07, 6.45) is 0.612. The minimum absolute atomic E-state index is 0.00753. The average Bonchev–Trinajstić information content (AvgIpc) is 2.68. The topological polar surface area (TPSA) is 86.7 Å². The Morgan fingerprint density at radius 2 is 2.14 bits per heavy atom. The van der Waals surface area contributed by atoms with E-state index in [1.54, 1.807) is 0 Å². The Balaban J connectivity index is 2.04. The van der Waals surface area contributed by atoms with Gasteiger partial charge in [-0.3, -0.25) is 9.59 Å². The molecule has 1 saturated heterocycles. The molecule has 0 aromatic heterocycles. The van der Waals surface area contributed by atoms with E-state index in [1.807, 2.05) is 13.8 Å². The predicted octanol–water partition coefficient (Wildman–Crippen LogP) is 1.04. The highest BCUT2D eigenvalue weighted by atomic mass is 32.2. The molecule has 0 radical (unpaired) electrons. The van der Waals surface area contributed by atoms with Gasteiger partial charge < -0.3 is 15.3 Å². The van der Waals surface area contributed by atoms with Crippen LogP contribution < -0.4 is 5.32 Å². The third-order valence-corrected chi connectivity index (χ3v) is 4.96. The van der Waals surface area contributed by atoms with Crippen LogP contribution in [-0.4, -0.2) is 46.1 Å². The molecule has 2 N–H and O–H groups in total. The summed E-state index contributed by atoms with van der Waals surface area (Å²) in [5.74, 6) is -0.481. The number of β-lactam (4-membered cyclic amide) rings is 1. The largest absolute Gasteiger partial charge is 0.477 e. The molecule has 2 heterocycles. The minimum atomic E-state index is -1.05. The highest BCUT2D eigenvalue weighted by Gasteiger charge is 2.55. The molecule has 0 saturated carbocycles. The van der Waals surface area contributed by atoms with Crippen molar-refractivity contribution in [3.63, 3.8) is 0 Å². The molecule has 2 aliphatic rings. The monoisotopic (exact) mass is 312 g/mol. The van der Waals surface area contributed by atoms with E-state index < -0.39 is 5.97 Å². The zero-order chi connectivity index (χ0) is 15.7. The van der Waals surface area contributed by atoms with Gasteiger partial charge in [-0.2, -0.15) is 0 Å². The third-order valence-electron chi connectivity index (χ3n) is 3.84. The van der Waals surface area contributed by atoms with Gasteiger partial charge in [-0.1, -0.05) is 13.8 Å². The Morgan fingerprint density at radius 3 is 2.67 bits per heavy atom. The Kier molecular flexibility index (Phi) is 4.61. The van der Waals surface area contributed by atoms with Gasteiger partial charge in [0, 0.05) is 30.5 Å². The number of carboxylic acids is 1. The van der Waals surface area contributed by atoms with Crippen molar-refractivity contribution in [3.8, 4) is 0 Å². The third kappa shape index (κ3) is 2.92. The number of rotatable bonds is 6. The van der Waals surface area contributed by atoms with Crippen LogP contribution in [-0.2, 0) is 14.4 Å². The highest BCUT2D eigenvalue weighted by Crippen LogP contribution is 2.48. The summed E-state index contributed by atoms with van der Waals surface area (Å²) in [4.78, 5) is 36.5. The Morgan fingerprint density at radius 1 is 1.48 bits per heavy atom. The SMILES string of the molecule is CC(=O)NCCSC1=C(C(=O)O)N2C(=O)[C@H](C(C)C)[C@H]2C1. The zero-order valence-electron chi connectivity index (χ0n) is 12.4. The number of nitrogens with zero attached hydrogens (tertiary/aromatic N) is 1. The number of hydrogen-bond acceptors (Lipinski definition) is 4. The maximum absolute atomic E-state index is 12.1. The fraction of sp³-hybridized carbons (Fsp3) is 0.643. The first-order valence-corrected chi connectivity index (χ1v) is 8.00. The molecule has 0 spiro atoms. The quantitative estimate of drug-likeness (QED) is 0.565. The second-order valence-corrected chi connectivity index (χ2v) is 6.85. The normalized spacial score (nSPS) is 24.2. The van der Waals surface area contributed by atoms with Crippen molar-refractivity contribution < 1.29 is 19.5 Å². The fourth-order valence-electron chi connectivity index (χ4n) is 2.96. The molecule has 21 heavy (non-hydrogen) atoms. The molecule has 6 nitrogen and oxygen atoms in total. The Bertz CT molecular complexity index is 515. The van der Waals surface area contributed by atoms with E-state index in [2.05, 4.69) is 5.32 Å². The first-order chi connectivity index (χ1) is 9.84. The van der Waals surface area contributed by atoms with Crippen LogP contribution in [0, 0.1) is 11.8 Å². The second-order valence-electron chi connectivity index (χ2n) is 5.66. The van der Waals surface area contributed by atoms with E-state index in [0.29, 0.717) is 18.7 Å². The summed E-state index contributed by atoms with van der Waals surface area (Å²) in [6.45, 7) is 5.91. The standard InChI is InChI=1S/C14H20N2O4S/c1-7(2)11-9-6-10(21-5-4-15-8(3)17)12(14(19)20)16(9)13(11)18/h7,9,11H,4-6H2,1-3H3,(H,15,17)(H,19,20)/t9-,11-/m1/s1. The summed E-state index contributed by atoms with van der Waals surface area (Å²) in [6, 6.07) is -0.00753. The van der Waals surface area contributed by atoms with Crippen molar-refractivity contribution in [3.05, 3.63) is 10.6 Å². The zero-order valence-corrected chi connectivity index (χ0v) is 13.2. The van der Waals surface area contributed by atoms with Gasteiger partial charge >= 0.3 is 5.97 Å². The lowest BCUT2D eigenvalue weighted by atomic mass is 9.79. The molecule has 2 rings (SSSR count). The lowest BCUT2D eigenvalue weighted by molar-refractivity contribution is -0.157. The molecular weight excluding hydrogens is 292 g/mol. The minimum Gasteiger partial charge on any atom is -0.477 e. The van der Waals surface area contributed by atoms with Gasteiger partial charge in [-0.05, 0) is 5.92 Å². The summed E-state index contributed by atoms with van der Waals surface area (Å²) in [5, 5.41) is 12.0. The van der Waals surface area contributed by atoms with Crippen LogP contribution in [0.5, 0.6) is 0 Å². The molecule has 2 atom stereocenters. The van der Waals surface area contributed by atoms with Crippen molar-refractivity contribution in [2.24, 2.45) is 11.8 Å². The van der Waals surface area contributed by atoms with Gasteiger partial charge in [-0.25, -0.2) is 4.79 Å². The van der Waals surface area contributed by atoms with Gasteiger partial charge in [0.25, 0.3) is 0 Å². The highest BCUT2D eigenvalue weighted by molar-refractivity contribution is 8.03. The van der Waals surface area contributed by atoms with E-state index >= 15 is 0 Å². The average molecular weight is 312 g/mol. The number of hydrogen-bond donors (Lipinski definition) is 2. The van der Waals surface area contributed by atoms with Crippen LogP contribution >= 0.6 is 11.8 Å². The molecule has 0 bridgehead atoms. The Labute approximate surface area is 127 Å². The molecule has 0 aromatic carbocycles. The summed E-state index contributed by atoms with van der Waals surface area (Å²) >= 11 is 1.42. The Hall–Kier alpha value is -1.50. The number of fused-ring (bicyclic) bond motifs is 1. The van der Waals surface area contributed by atoms with Crippen LogP contribution in [0.1, 0.15) is 27.2 Å². The second kappa shape index (κ2) is 6.09. The smallest absolute Gasteiger partial charge is 0.353 e. The fourth-order valence-corrected chi connectivity index (χ4v) is 4.02. The van der Waals surface area contributed by atoms with E-state index in [-0.39, 0.29) is 35.4 Å². The lowest BCUT2D eigenvalue weighted by Gasteiger charge is -2.45. The first kappa shape index (κ1) is 15.9. The summed E-state index contributed by atoms with van der Waals surface area (Å²) in [5.41, 5.74) is 0.134. The number of carbonyl (C=O) groups excluding carboxylic acids is 2.